The van der Waals surface area contributed by atoms with E-state index >= 15 is 0 Å². The van der Waals surface area contributed by atoms with E-state index in [9.17, 15) is 0 Å². The summed E-state index contributed by atoms with van der Waals surface area (Å²) >= 11 is 0. The lowest BCUT2D eigenvalue weighted by Crippen LogP contribution is -2.19. The maximum atomic E-state index is 6.43. The zero-order valence-electron chi connectivity index (χ0n) is 12.1. The van der Waals surface area contributed by atoms with Crippen LogP contribution in [0.25, 0.3) is 0 Å². The van der Waals surface area contributed by atoms with E-state index in [2.05, 4.69) is 10.2 Å². The number of hydrogen-bond acceptors (Lipinski definition) is 4. The van der Waals surface area contributed by atoms with Gasteiger partial charge in [-0.05, 0) is 20.8 Å². The molecule has 0 amide bonds. The number of ether oxygens (including phenoxy) is 1. The molecule has 2 N–H and O–H groups in total. The molecule has 1 unspecified atom stereocenters. The van der Waals surface area contributed by atoms with Gasteiger partial charge in [-0.15, -0.1) is 0 Å². The first-order chi connectivity index (χ1) is 9.01. The lowest BCUT2D eigenvalue weighted by atomic mass is 10.0. The third kappa shape index (κ3) is 2.12. The molecule has 2 heterocycles. The quantitative estimate of drug-likeness (QED) is 0.903. The predicted molar refractivity (Wildman–Crippen MR) is 73.2 cm³/mol. The van der Waals surface area contributed by atoms with Crippen LogP contribution in [0, 0.1) is 13.8 Å². The molecule has 104 valence electrons. The minimum Gasteiger partial charge on any atom is -0.493 e. The molecule has 0 aliphatic rings. The lowest BCUT2D eigenvalue weighted by molar-refractivity contribution is 0.404. The van der Waals surface area contributed by atoms with Gasteiger partial charge in [-0.25, -0.2) is 0 Å². The van der Waals surface area contributed by atoms with Gasteiger partial charge in [0, 0.05) is 24.8 Å². The van der Waals surface area contributed by atoms with Crippen LogP contribution in [0.5, 0.6) is 5.75 Å². The molecule has 2 aromatic heterocycles. The summed E-state index contributed by atoms with van der Waals surface area (Å²) in [5.74, 6) is 0.719. The summed E-state index contributed by atoms with van der Waals surface area (Å²) in [5, 5.41) is 8.72. The van der Waals surface area contributed by atoms with Crippen LogP contribution in [0.15, 0.2) is 6.20 Å². The highest BCUT2D eigenvalue weighted by Crippen LogP contribution is 2.31. The van der Waals surface area contributed by atoms with Crippen molar-refractivity contribution in [2.24, 2.45) is 12.8 Å². The van der Waals surface area contributed by atoms with E-state index in [0.717, 1.165) is 34.9 Å². The van der Waals surface area contributed by atoms with Crippen LogP contribution in [0.4, 0.5) is 0 Å². The second-order valence-corrected chi connectivity index (χ2v) is 4.60. The van der Waals surface area contributed by atoms with Crippen molar-refractivity contribution in [1.82, 2.24) is 19.6 Å². The average Bonchev–Trinajstić information content (AvgIpc) is 2.90. The van der Waals surface area contributed by atoms with Crippen molar-refractivity contribution >= 4 is 0 Å². The van der Waals surface area contributed by atoms with Crippen LogP contribution in [-0.2, 0) is 13.6 Å². The highest BCUT2D eigenvalue weighted by Gasteiger charge is 2.24. The monoisotopic (exact) mass is 263 g/mol. The number of rotatable bonds is 4. The standard InChI is InChI=1S/C13H21N5O/c1-6-18-13(10(19-5)7-15-18)12(14)11-8(2)16-17(4)9(11)3/h7,12H,6,14H2,1-5H3. The Morgan fingerprint density at radius 3 is 2.58 bits per heavy atom. The van der Waals surface area contributed by atoms with E-state index in [4.69, 9.17) is 10.5 Å². The van der Waals surface area contributed by atoms with E-state index in [-0.39, 0.29) is 6.04 Å². The number of nitrogens with two attached hydrogens (primary N) is 1. The average molecular weight is 263 g/mol. The van der Waals surface area contributed by atoms with E-state index in [1.54, 1.807) is 13.3 Å². The van der Waals surface area contributed by atoms with E-state index in [1.165, 1.54) is 0 Å². The number of aromatic nitrogens is 4. The van der Waals surface area contributed by atoms with Gasteiger partial charge in [0.15, 0.2) is 5.75 Å². The Hall–Kier alpha value is -1.82. The van der Waals surface area contributed by atoms with Gasteiger partial charge in [-0.2, -0.15) is 10.2 Å². The van der Waals surface area contributed by atoms with E-state index < -0.39 is 0 Å². The van der Waals surface area contributed by atoms with Gasteiger partial charge in [-0.3, -0.25) is 9.36 Å². The van der Waals surface area contributed by atoms with Gasteiger partial charge < -0.3 is 10.5 Å². The summed E-state index contributed by atoms with van der Waals surface area (Å²) in [6.07, 6.45) is 1.71. The zero-order valence-corrected chi connectivity index (χ0v) is 12.1. The van der Waals surface area contributed by atoms with E-state index in [0.29, 0.717) is 0 Å². The zero-order chi connectivity index (χ0) is 14.2. The number of nitrogens with zero attached hydrogens (tertiary/aromatic N) is 4. The number of aryl methyl sites for hydroxylation is 3. The third-order valence-electron chi connectivity index (χ3n) is 3.53. The molecule has 0 aliphatic heterocycles. The maximum absolute atomic E-state index is 6.43. The first kappa shape index (κ1) is 13.6. The van der Waals surface area contributed by atoms with Crippen LogP contribution in [0.3, 0.4) is 0 Å². The molecule has 0 saturated carbocycles. The highest BCUT2D eigenvalue weighted by atomic mass is 16.5. The largest absolute Gasteiger partial charge is 0.493 e. The van der Waals surface area contributed by atoms with Crippen molar-refractivity contribution in [1.29, 1.82) is 0 Å². The van der Waals surface area contributed by atoms with Crippen molar-refractivity contribution in [2.45, 2.75) is 33.4 Å². The molecule has 0 saturated heterocycles. The highest BCUT2D eigenvalue weighted by molar-refractivity contribution is 5.39. The topological polar surface area (TPSA) is 70.9 Å². The van der Waals surface area contributed by atoms with Crippen molar-refractivity contribution in [3.63, 3.8) is 0 Å². The minimum atomic E-state index is -0.286. The van der Waals surface area contributed by atoms with E-state index in [1.807, 2.05) is 37.2 Å². The number of hydrogen-bond donors (Lipinski definition) is 1. The maximum Gasteiger partial charge on any atom is 0.161 e. The van der Waals surface area contributed by atoms with Crippen LogP contribution in [0.2, 0.25) is 0 Å². The summed E-state index contributed by atoms with van der Waals surface area (Å²) in [6, 6.07) is -0.286. The van der Waals surface area contributed by atoms with Crippen LogP contribution < -0.4 is 10.5 Å². The lowest BCUT2D eigenvalue weighted by Gasteiger charge is -2.16. The molecule has 0 fully saturated rings. The Morgan fingerprint density at radius 2 is 2.11 bits per heavy atom. The van der Waals surface area contributed by atoms with Gasteiger partial charge in [0.25, 0.3) is 0 Å². The Bertz CT molecular complexity index is 563. The van der Waals surface area contributed by atoms with Gasteiger partial charge in [0.1, 0.15) is 5.69 Å². The van der Waals surface area contributed by atoms with Crippen LogP contribution >= 0.6 is 0 Å². The molecular formula is C13H21N5O. The first-order valence-corrected chi connectivity index (χ1v) is 6.36. The molecule has 0 bridgehead atoms. The van der Waals surface area contributed by atoms with Gasteiger partial charge >= 0.3 is 0 Å². The van der Waals surface area contributed by atoms with Gasteiger partial charge in [-0.1, -0.05) is 0 Å². The Labute approximate surface area is 113 Å². The number of methoxy groups -OCH3 is 1. The molecular weight excluding hydrogens is 242 g/mol. The summed E-state index contributed by atoms with van der Waals surface area (Å²) < 4.78 is 9.09. The smallest absolute Gasteiger partial charge is 0.161 e. The fourth-order valence-electron chi connectivity index (χ4n) is 2.48. The molecule has 2 aromatic rings. The van der Waals surface area contributed by atoms with Crippen molar-refractivity contribution in [3.8, 4) is 5.75 Å². The summed E-state index contributed by atoms with van der Waals surface area (Å²) in [7, 11) is 3.56. The molecule has 19 heavy (non-hydrogen) atoms. The molecule has 0 aliphatic carbocycles. The normalized spacial score (nSPS) is 12.7. The molecule has 1 atom stereocenters. The third-order valence-corrected chi connectivity index (χ3v) is 3.53. The molecule has 2 rings (SSSR count). The Kier molecular flexibility index (Phi) is 3.61. The summed E-state index contributed by atoms with van der Waals surface area (Å²) in [5.41, 5.74) is 10.4. The fraction of sp³-hybridized carbons (Fsp3) is 0.538. The molecule has 6 heteroatoms. The van der Waals surface area contributed by atoms with Gasteiger partial charge in [0.05, 0.1) is 25.0 Å². The fourth-order valence-corrected chi connectivity index (χ4v) is 2.48. The van der Waals surface area contributed by atoms with Gasteiger partial charge in [0.2, 0.25) is 0 Å². The van der Waals surface area contributed by atoms with Crippen LogP contribution in [0.1, 0.15) is 35.6 Å². The summed E-state index contributed by atoms with van der Waals surface area (Å²) in [6.45, 7) is 6.78. The van der Waals surface area contributed by atoms with Crippen LogP contribution in [-0.4, -0.2) is 26.7 Å². The molecule has 0 aromatic carbocycles. The molecule has 0 radical (unpaired) electrons. The van der Waals surface area contributed by atoms with Crippen molar-refractivity contribution < 1.29 is 4.74 Å². The Morgan fingerprint density at radius 1 is 1.42 bits per heavy atom. The molecule has 6 nitrogen and oxygen atoms in total. The second kappa shape index (κ2) is 5.05. The van der Waals surface area contributed by atoms with Crippen molar-refractivity contribution in [2.75, 3.05) is 7.11 Å². The first-order valence-electron chi connectivity index (χ1n) is 6.36. The van der Waals surface area contributed by atoms with Crippen molar-refractivity contribution in [3.05, 3.63) is 28.8 Å². The predicted octanol–water partition coefficient (Wildman–Crippen LogP) is 1.31. The SMILES string of the molecule is CCn1ncc(OC)c1C(N)c1c(C)nn(C)c1C. The second-order valence-electron chi connectivity index (χ2n) is 4.60. The molecule has 0 spiro atoms. The summed E-state index contributed by atoms with van der Waals surface area (Å²) in [4.78, 5) is 0. The Balaban J connectivity index is 2.55. The minimum absolute atomic E-state index is 0.286.